The van der Waals surface area contributed by atoms with Crippen molar-refractivity contribution >= 4 is 10.1 Å². The van der Waals surface area contributed by atoms with Crippen LogP contribution in [0.3, 0.4) is 0 Å². The Morgan fingerprint density at radius 2 is 1.79 bits per heavy atom. The minimum absolute atomic E-state index is 0.148. The molecule has 0 bridgehead atoms. The molecule has 19 heavy (non-hydrogen) atoms. The van der Waals surface area contributed by atoms with Crippen molar-refractivity contribution in [2.24, 2.45) is 0 Å². The largest absolute Gasteiger partial charge is 0.369 e. The van der Waals surface area contributed by atoms with Gasteiger partial charge in [-0.2, -0.15) is 8.42 Å². The minimum Gasteiger partial charge on any atom is -0.369 e. The highest BCUT2D eigenvalue weighted by molar-refractivity contribution is 7.86. The van der Waals surface area contributed by atoms with Gasteiger partial charge in [0.1, 0.15) is 6.61 Å². The molecule has 5 heteroatoms. The van der Waals surface area contributed by atoms with E-state index in [-0.39, 0.29) is 18.1 Å². The zero-order chi connectivity index (χ0) is 14.1. The molecule has 0 aliphatic heterocycles. The summed E-state index contributed by atoms with van der Waals surface area (Å²) in [5.41, 5.74) is 1.00. The first kappa shape index (κ1) is 15.7. The Labute approximate surface area is 114 Å². The summed E-state index contributed by atoms with van der Waals surface area (Å²) in [7, 11) is -3.65. The first-order valence-corrected chi connectivity index (χ1v) is 7.44. The van der Waals surface area contributed by atoms with Gasteiger partial charge in [-0.15, -0.1) is 6.42 Å². The molecule has 4 nitrogen and oxygen atoms in total. The summed E-state index contributed by atoms with van der Waals surface area (Å²) in [4.78, 5) is 0.182. The fourth-order valence-electron chi connectivity index (χ4n) is 1.38. The van der Waals surface area contributed by atoms with Crippen molar-refractivity contribution < 1.29 is 17.3 Å². The van der Waals surface area contributed by atoms with E-state index in [0.717, 1.165) is 5.56 Å². The van der Waals surface area contributed by atoms with Crippen LogP contribution in [0.2, 0.25) is 0 Å². The van der Waals surface area contributed by atoms with Crippen LogP contribution in [-0.2, 0) is 19.0 Å². The number of hydrogen-bond donors (Lipinski definition) is 0. The van der Waals surface area contributed by atoms with Gasteiger partial charge in [-0.25, -0.2) is 0 Å². The molecule has 0 aromatic heterocycles. The monoisotopic (exact) mass is 282 g/mol. The Kier molecular flexibility index (Phi) is 6.57. The van der Waals surface area contributed by atoms with E-state index in [2.05, 4.69) is 5.92 Å². The van der Waals surface area contributed by atoms with E-state index >= 15 is 0 Å². The standard InChI is InChI=1S/C14H18O4S/c1-3-10-17-11-4-5-12-18-19(15,16)14-8-6-13(2)7-9-14/h1,6-9H,4-5,10-12H2,2H3. The van der Waals surface area contributed by atoms with Gasteiger partial charge in [0, 0.05) is 6.61 Å². The molecule has 0 atom stereocenters. The van der Waals surface area contributed by atoms with Gasteiger partial charge in [0.15, 0.2) is 0 Å². The molecule has 104 valence electrons. The SMILES string of the molecule is C#CCOCCCCOS(=O)(=O)c1ccc(C)cc1. The van der Waals surface area contributed by atoms with Crippen LogP contribution in [0.5, 0.6) is 0 Å². The Morgan fingerprint density at radius 3 is 2.42 bits per heavy atom. The average molecular weight is 282 g/mol. The normalized spacial score (nSPS) is 11.2. The van der Waals surface area contributed by atoms with Crippen LogP contribution in [0.25, 0.3) is 0 Å². The lowest BCUT2D eigenvalue weighted by Gasteiger charge is -2.06. The van der Waals surface area contributed by atoms with Gasteiger partial charge in [-0.1, -0.05) is 23.6 Å². The lowest BCUT2D eigenvalue weighted by atomic mass is 10.2. The molecular weight excluding hydrogens is 264 g/mol. The van der Waals surface area contributed by atoms with Gasteiger partial charge < -0.3 is 4.74 Å². The van der Waals surface area contributed by atoms with E-state index in [1.54, 1.807) is 24.3 Å². The molecule has 0 amide bonds. The smallest absolute Gasteiger partial charge is 0.296 e. The topological polar surface area (TPSA) is 52.6 Å². The summed E-state index contributed by atoms with van der Waals surface area (Å²) in [6.07, 6.45) is 6.34. The Morgan fingerprint density at radius 1 is 1.16 bits per heavy atom. The molecule has 1 rings (SSSR count). The lowest BCUT2D eigenvalue weighted by molar-refractivity contribution is 0.157. The maximum absolute atomic E-state index is 11.8. The third-order valence-corrected chi connectivity index (χ3v) is 3.74. The second-order valence-corrected chi connectivity index (χ2v) is 5.67. The third kappa shape index (κ3) is 5.88. The lowest BCUT2D eigenvalue weighted by Crippen LogP contribution is -2.08. The number of rotatable bonds is 8. The number of benzene rings is 1. The molecule has 0 fully saturated rings. The fraction of sp³-hybridized carbons (Fsp3) is 0.429. The summed E-state index contributed by atoms with van der Waals surface area (Å²) in [6, 6.07) is 6.56. The Hall–Kier alpha value is -1.35. The van der Waals surface area contributed by atoms with Crippen LogP contribution in [0, 0.1) is 19.3 Å². The molecule has 1 aromatic rings. The summed E-state index contributed by atoms with van der Waals surface area (Å²) in [5, 5.41) is 0. The minimum atomic E-state index is -3.65. The van der Waals surface area contributed by atoms with Crippen molar-refractivity contribution in [2.45, 2.75) is 24.7 Å². The van der Waals surface area contributed by atoms with Crippen LogP contribution >= 0.6 is 0 Å². The van der Waals surface area contributed by atoms with E-state index in [1.165, 1.54) is 0 Å². The van der Waals surface area contributed by atoms with E-state index < -0.39 is 10.1 Å². The third-order valence-electron chi connectivity index (χ3n) is 2.42. The van der Waals surface area contributed by atoms with Gasteiger partial charge in [-0.05, 0) is 31.9 Å². The number of aryl methyl sites for hydroxylation is 1. The first-order chi connectivity index (χ1) is 9.06. The number of hydrogen-bond acceptors (Lipinski definition) is 4. The van der Waals surface area contributed by atoms with E-state index in [0.29, 0.717) is 19.4 Å². The molecule has 0 spiro atoms. The molecule has 0 N–H and O–H groups in total. The number of unbranched alkanes of at least 4 members (excludes halogenated alkanes) is 1. The van der Waals surface area contributed by atoms with E-state index in [4.69, 9.17) is 15.3 Å². The summed E-state index contributed by atoms with van der Waals surface area (Å²) >= 11 is 0. The molecule has 0 unspecified atom stereocenters. The molecule has 0 saturated heterocycles. The van der Waals surface area contributed by atoms with Crippen molar-refractivity contribution in [2.75, 3.05) is 19.8 Å². The van der Waals surface area contributed by atoms with Crippen molar-refractivity contribution in [3.8, 4) is 12.3 Å². The zero-order valence-electron chi connectivity index (χ0n) is 11.0. The Bertz CT molecular complexity index is 511. The highest BCUT2D eigenvalue weighted by atomic mass is 32.2. The van der Waals surface area contributed by atoms with Crippen LogP contribution < -0.4 is 0 Å². The van der Waals surface area contributed by atoms with Gasteiger partial charge in [-0.3, -0.25) is 4.18 Å². The van der Waals surface area contributed by atoms with Crippen molar-refractivity contribution in [3.05, 3.63) is 29.8 Å². The van der Waals surface area contributed by atoms with Gasteiger partial charge >= 0.3 is 0 Å². The van der Waals surface area contributed by atoms with Crippen LogP contribution in [0.1, 0.15) is 18.4 Å². The molecule has 0 aliphatic rings. The predicted octanol–water partition coefficient (Wildman–Crippen LogP) is 2.13. The second-order valence-electron chi connectivity index (χ2n) is 4.05. The summed E-state index contributed by atoms with van der Waals surface area (Å²) in [5.74, 6) is 2.36. The Balaban J connectivity index is 2.32. The first-order valence-electron chi connectivity index (χ1n) is 6.03. The van der Waals surface area contributed by atoms with Crippen molar-refractivity contribution in [1.29, 1.82) is 0 Å². The number of ether oxygens (including phenoxy) is 1. The molecular formula is C14H18O4S. The maximum atomic E-state index is 11.8. The highest BCUT2D eigenvalue weighted by Gasteiger charge is 2.14. The second kappa shape index (κ2) is 7.95. The molecule has 0 aliphatic carbocycles. The highest BCUT2D eigenvalue weighted by Crippen LogP contribution is 2.13. The molecule has 1 aromatic carbocycles. The van der Waals surface area contributed by atoms with Crippen LogP contribution in [0.15, 0.2) is 29.2 Å². The van der Waals surface area contributed by atoms with Gasteiger partial charge in [0.25, 0.3) is 10.1 Å². The molecule has 0 heterocycles. The predicted molar refractivity (Wildman–Crippen MR) is 73.2 cm³/mol. The van der Waals surface area contributed by atoms with Gasteiger partial charge in [0.2, 0.25) is 0 Å². The van der Waals surface area contributed by atoms with Crippen molar-refractivity contribution in [1.82, 2.24) is 0 Å². The fourth-order valence-corrected chi connectivity index (χ4v) is 2.32. The van der Waals surface area contributed by atoms with Crippen LogP contribution in [0.4, 0.5) is 0 Å². The van der Waals surface area contributed by atoms with Crippen LogP contribution in [-0.4, -0.2) is 28.2 Å². The number of terminal acetylenes is 1. The zero-order valence-corrected chi connectivity index (χ0v) is 11.8. The quantitative estimate of drug-likeness (QED) is 0.416. The summed E-state index contributed by atoms with van der Waals surface area (Å²) in [6.45, 7) is 2.84. The average Bonchev–Trinajstić information content (AvgIpc) is 2.38. The summed E-state index contributed by atoms with van der Waals surface area (Å²) < 4.78 is 33.6. The van der Waals surface area contributed by atoms with E-state index in [1.807, 2.05) is 6.92 Å². The van der Waals surface area contributed by atoms with Crippen molar-refractivity contribution in [3.63, 3.8) is 0 Å². The van der Waals surface area contributed by atoms with E-state index in [9.17, 15) is 8.42 Å². The maximum Gasteiger partial charge on any atom is 0.296 e. The molecule has 0 radical (unpaired) electrons. The van der Waals surface area contributed by atoms with Gasteiger partial charge in [0.05, 0.1) is 11.5 Å². The molecule has 0 saturated carbocycles.